The van der Waals surface area contributed by atoms with Gasteiger partial charge in [0.1, 0.15) is 17.9 Å². The largest absolute Gasteiger partial charge is 0.492 e. The molecule has 2 aliphatic rings. The highest BCUT2D eigenvalue weighted by atomic mass is 16.5. The summed E-state index contributed by atoms with van der Waals surface area (Å²) in [7, 11) is 0. The van der Waals surface area contributed by atoms with Crippen molar-refractivity contribution in [2.45, 2.75) is 38.3 Å². The summed E-state index contributed by atoms with van der Waals surface area (Å²) < 4.78 is 7.79. The number of benzene rings is 2. The van der Waals surface area contributed by atoms with Crippen LogP contribution in [0, 0.1) is 0 Å². The van der Waals surface area contributed by atoms with E-state index in [1.165, 1.54) is 0 Å². The Bertz CT molecular complexity index is 1470. The highest BCUT2D eigenvalue weighted by molar-refractivity contribution is 5.95. The SMILES string of the molecule is O=C(NC1CC1)c1ccc(-c2nc(NCCOc3ccccc3)c3ncn(CCN4CCCC4=O)c3n2)cc1. The molecule has 10 nitrogen and oxygen atoms in total. The van der Waals surface area contributed by atoms with Gasteiger partial charge in [0, 0.05) is 43.2 Å². The van der Waals surface area contributed by atoms with Crippen LogP contribution in [0.15, 0.2) is 60.9 Å². The number of nitrogens with zero attached hydrogens (tertiary/aromatic N) is 5. The van der Waals surface area contributed by atoms with Gasteiger partial charge in [-0.1, -0.05) is 30.3 Å². The Labute approximate surface area is 226 Å². The number of nitrogens with one attached hydrogen (secondary N) is 2. The van der Waals surface area contributed by atoms with Crippen molar-refractivity contribution in [3.8, 4) is 17.1 Å². The lowest BCUT2D eigenvalue weighted by Crippen LogP contribution is -2.28. The van der Waals surface area contributed by atoms with Gasteiger partial charge in [-0.2, -0.15) is 0 Å². The number of carbonyl (C=O) groups is 2. The molecule has 2 amide bonds. The van der Waals surface area contributed by atoms with E-state index >= 15 is 0 Å². The first-order valence-electron chi connectivity index (χ1n) is 13.5. The summed E-state index contributed by atoms with van der Waals surface area (Å²) in [6.45, 7) is 2.97. The van der Waals surface area contributed by atoms with Crippen molar-refractivity contribution < 1.29 is 14.3 Å². The maximum atomic E-state index is 12.4. The molecule has 0 bridgehead atoms. The zero-order chi connectivity index (χ0) is 26.6. The van der Waals surface area contributed by atoms with Gasteiger partial charge in [-0.15, -0.1) is 0 Å². The van der Waals surface area contributed by atoms with Gasteiger partial charge < -0.3 is 24.8 Å². The predicted octanol–water partition coefficient (Wildman–Crippen LogP) is 3.50. The van der Waals surface area contributed by atoms with Crippen LogP contribution in [0.1, 0.15) is 36.0 Å². The van der Waals surface area contributed by atoms with Crippen LogP contribution >= 0.6 is 0 Å². The van der Waals surface area contributed by atoms with Gasteiger partial charge in [0.2, 0.25) is 5.91 Å². The number of fused-ring (bicyclic) bond motifs is 1. The molecule has 2 N–H and O–H groups in total. The highest BCUT2D eigenvalue weighted by Gasteiger charge is 2.24. The number of ether oxygens (including phenoxy) is 1. The van der Waals surface area contributed by atoms with Crippen LogP contribution in [0.2, 0.25) is 0 Å². The molecule has 1 aliphatic carbocycles. The van der Waals surface area contributed by atoms with E-state index in [1.54, 1.807) is 18.5 Å². The first kappa shape index (κ1) is 24.8. The highest BCUT2D eigenvalue weighted by Crippen LogP contribution is 2.25. The number of hydrogen-bond acceptors (Lipinski definition) is 7. The number of amides is 2. The topological polar surface area (TPSA) is 114 Å². The fourth-order valence-electron chi connectivity index (χ4n) is 4.65. The molecule has 0 spiro atoms. The molecule has 0 radical (unpaired) electrons. The summed E-state index contributed by atoms with van der Waals surface area (Å²) in [4.78, 5) is 40.7. The van der Waals surface area contributed by atoms with Crippen LogP contribution in [0.5, 0.6) is 5.75 Å². The molecule has 1 saturated carbocycles. The average Bonchev–Trinajstić information content (AvgIpc) is 3.54. The van der Waals surface area contributed by atoms with Crippen molar-refractivity contribution in [3.05, 3.63) is 66.5 Å². The second-order valence-electron chi connectivity index (χ2n) is 9.90. The van der Waals surface area contributed by atoms with Crippen LogP contribution in [-0.2, 0) is 11.3 Å². The van der Waals surface area contributed by atoms with Gasteiger partial charge in [0.25, 0.3) is 5.91 Å². The minimum atomic E-state index is -0.0595. The molecule has 200 valence electrons. The normalized spacial score (nSPS) is 15.1. The Hall–Kier alpha value is -4.47. The van der Waals surface area contributed by atoms with Gasteiger partial charge in [-0.25, -0.2) is 15.0 Å². The summed E-state index contributed by atoms with van der Waals surface area (Å²) in [5.74, 6) is 2.08. The summed E-state index contributed by atoms with van der Waals surface area (Å²) in [6.07, 6.45) is 5.36. The number of para-hydroxylation sites is 1. The summed E-state index contributed by atoms with van der Waals surface area (Å²) >= 11 is 0. The number of imidazole rings is 1. The summed E-state index contributed by atoms with van der Waals surface area (Å²) in [5.41, 5.74) is 2.76. The Morgan fingerprint density at radius 2 is 1.85 bits per heavy atom. The van der Waals surface area contributed by atoms with E-state index in [2.05, 4.69) is 15.6 Å². The van der Waals surface area contributed by atoms with Gasteiger partial charge in [0.15, 0.2) is 17.3 Å². The minimum Gasteiger partial charge on any atom is -0.492 e. The van der Waals surface area contributed by atoms with Gasteiger partial charge in [0.05, 0.1) is 12.9 Å². The maximum Gasteiger partial charge on any atom is 0.251 e. The smallest absolute Gasteiger partial charge is 0.251 e. The lowest BCUT2D eigenvalue weighted by molar-refractivity contribution is -0.127. The van der Waals surface area contributed by atoms with E-state index in [0.29, 0.717) is 67.1 Å². The van der Waals surface area contributed by atoms with E-state index in [0.717, 1.165) is 37.1 Å². The monoisotopic (exact) mass is 525 g/mol. The average molecular weight is 526 g/mol. The number of likely N-dealkylation sites (tertiary alicyclic amines) is 1. The predicted molar refractivity (Wildman–Crippen MR) is 147 cm³/mol. The number of rotatable bonds is 11. The lowest BCUT2D eigenvalue weighted by Gasteiger charge is -2.16. The molecule has 1 saturated heterocycles. The zero-order valence-electron chi connectivity index (χ0n) is 21.7. The fourth-order valence-corrected chi connectivity index (χ4v) is 4.65. The molecule has 0 atom stereocenters. The van der Waals surface area contributed by atoms with Crippen molar-refractivity contribution >= 4 is 28.8 Å². The Morgan fingerprint density at radius 1 is 1.03 bits per heavy atom. The molecule has 4 aromatic rings. The standard InChI is InChI=1S/C29H31N7O3/c37-24-7-4-15-35(24)16-17-36-19-31-25-27(30-14-18-39-23-5-2-1-3-6-23)33-26(34-28(25)36)20-8-10-21(11-9-20)29(38)32-22-12-13-22/h1-3,5-6,8-11,19,22H,4,7,12-18H2,(H,32,38)(H,30,33,34). The van der Waals surface area contributed by atoms with E-state index in [-0.39, 0.29) is 11.8 Å². The minimum absolute atomic E-state index is 0.0595. The van der Waals surface area contributed by atoms with Crippen molar-refractivity contribution in [1.82, 2.24) is 29.7 Å². The third-order valence-corrected chi connectivity index (χ3v) is 6.97. The van der Waals surface area contributed by atoms with Gasteiger partial charge in [-0.3, -0.25) is 9.59 Å². The van der Waals surface area contributed by atoms with Crippen molar-refractivity contribution in [3.63, 3.8) is 0 Å². The zero-order valence-corrected chi connectivity index (χ0v) is 21.7. The third kappa shape index (κ3) is 5.84. The molecule has 3 heterocycles. The van der Waals surface area contributed by atoms with Crippen LogP contribution in [0.25, 0.3) is 22.6 Å². The molecule has 1 aliphatic heterocycles. The number of carbonyl (C=O) groups excluding carboxylic acids is 2. The second kappa shape index (κ2) is 11.1. The first-order chi connectivity index (χ1) is 19.1. The summed E-state index contributed by atoms with van der Waals surface area (Å²) in [6, 6.07) is 17.3. The Kier molecular flexibility index (Phi) is 7.07. The molecule has 2 fully saturated rings. The maximum absolute atomic E-state index is 12.4. The molecule has 39 heavy (non-hydrogen) atoms. The third-order valence-electron chi connectivity index (χ3n) is 6.97. The molecular formula is C29H31N7O3. The van der Waals surface area contributed by atoms with Crippen molar-refractivity contribution in [2.75, 3.05) is 31.6 Å². The lowest BCUT2D eigenvalue weighted by atomic mass is 10.1. The Morgan fingerprint density at radius 3 is 2.59 bits per heavy atom. The van der Waals surface area contributed by atoms with Crippen LogP contribution in [0.4, 0.5) is 5.82 Å². The molecule has 10 heteroatoms. The van der Waals surface area contributed by atoms with Crippen LogP contribution < -0.4 is 15.4 Å². The second-order valence-corrected chi connectivity index (χ2v) is 9.90. The number of aromatic nitrogens is 4. The molecule has 2 aromatic carbocycles. The van der Waals surface area contributed by atoms with Gasteiger partial charge >= 0.3 is 0 Å². The Balaban J connectivity index is 1.24. The molecule has 0 unspecified atom stereocenters. The van der Waals surface area contributed by atoms with Crippen molar-refractivity contribution in [2.24, 2.45) is 0 Å². The molecular weight excluding hydrogens is 494 g/mol. The van der Waals surface area contributed by atoms with Crippen molar-refractivity contribution in [1.29, 1.82) is 0 Å². The number of anilines is 1. The van der Waals surface area contributed by atoms with Gasteiger partial charge in [-0.05, 0) is 43.5 Å². The molecule has 6 rings (SSSR count). The van der Waals surface area contributed by atoms with Crippen LogP contribution in [0.3, 0.4) is 0 Å². The van der Waals surface area contributed by atoms with Crippen LogP contribution in [-0.4, -0.2) is 68.5 Å². The summed E-state index contributed by atoms with van der Waals surface area (Å²) in [5, 5.41) is 6.38. The van der Waals surface area contributed by atoms with E-state index < -0.39 is 0 Å². The van der Waals surface area contributed by atoms with E-state index in [4.69, 9.17) is 14.7 Å². The number of hydrogen-bond donors (Lipinski definition) is 2. The van der Waals surface area contributed by atoms with E-state index in [1.807, 2.05) is 51.9 Å². The van der Waals surface area contributed by atoms with E-state index in [9.17, 15) is 9.59 Å². The fraction of sp³-hybridized carbons (Fsp3) is 0.345. The quantitative estimate of drug-likeness (QED) is 0.288. The molecule has 2 aromatic heterocycles. The first-order valence-corrected chi connectivity index (χ1v) is 13.5.